The van der Waals surface area contributed by atoms with Crippen LogP contribution >= 0.6 is 0 Å². The van der Waals surface area contributed by atoms with Crippen molar-refractivity contribution in [2.75, 3.05) is 0 Å². The molecule has 0 aliphatic rings. The van der Waals surface area contributed by atoms with Crippen molar-refractivity contribution < 1.29 is 15.0 Å². The van der Waals surface area contributed by atoms with Crippen LogP contribution in [-0.4, -0.2) is 16.0 Å². The lowest BCUT2D eigenvalue weighted by Crippen LogP contribution is -2.21. The average molecular weight is 236 g/mol. The van der Waals surface area contributed by atoms with Gasteiger partial charge in [-0.3, -0.25) is 4.79 Å². The van der Waals surface area contributed by atoms with Gasteiger partial charge >= 0.3 is 0 Å². The Morgan fingerprint density at radius 1 is 0.941 bits per heavy atom. The molecule has 1 rings (SSSR count). The van der Waals surface area contributed by atoms with Crippen LogP contribution in [0.4, 0.5) is 0 Å². The van der Waals surface area contributed by atoms with Gasteiger partial charge in [0.2, 0.25) is 0 Å². The summed E-state index contributed by atoms with van der Waals surface area (Å²) in [5, 5.41) is 20.0. The zero-order chi connectivity index (χ0) is 13.4. The molecule has 0 heterocycles. The van der Waals surface area contributed by atoms with E-state index in [-0.39, 0.29) is 5.78 Å². The summed E-state index contributed by atoms with van der Waals surface area (Å²) in [6.07, 6.45) is 0. The molecular weight excluding hydrogens is 216 g/mol. The Hall–Kier alpha value is -1.19. The topological polar surface area (TPSA) is 57.5 Å². The van der Waals surface area contributed by atoms with Crippen molar-refractivity contribution in [1.29, 1.82) is 0 Å². The maximum Gasteiger partial charge on any atom is 0.159 e. The molecule has 94 valence electrons. The fourth-order valence-electron chi connectivity index (χ4n) is 1.54. The van der Waals surface area contributed by atoms with E-state index in [1.807, 2.05) is 0 Å². The molecule has 0 saturated carbocycles. The molecule has 0 atom stereocenters. The van der Waals surface area contributed by atoms with Gasteiger partial charge in [0, 0.05) is 5.56 Å². The van der Waals surface area contributed by atoms with E-state index in [1.54, 1.807) is 45.9 Å². The van der Waals surface area contributed by atoms with Gasteiger partial charge < -0.3 is 10.2 Å². The minimum absolute atomic E-state index is 0.0819. The predicted molar refractivity (Wildman–Crippen MR) is 66.9 cm³/mol. The maximum absolute atomic E-state index is 11.4. The highest BCUT2D eigenvalue weighted by atomic mass is 16.3. The zero-order valence-electron chi connectivity index (χ0n) is 11.0. The van der Waals surface area contributed by atoms with Crippen LogP contribution in [0, 0.1) is 0 Å². The lowest BCUT2D eigenvalue weighted by atomic mass is 9.88. The Morgan fingerprint density at radius 2 is 1.29 bits per heavy atom. The summed E-state index contributed by atoms with van der Waals surface area (Å²) in [5.74, 6) is -0.0819. The Kier molecular flexibility index (Phi) is 3.46. The Morgan fingerprint density at radius 3 is 1.53 bits per heavy atom. The molecule has 17 heavy (non-hydrogen) atoms. The van der Waals surface area contributed by atoms with Gasteiger partial charge in [0.1, 0.15) is 0 Å². The van der Waals surface area contributed by atoms with Crippen LogP contribution < -0.4 is 0 Å². The minimum atomic E-state index is -1.04. The normalized spacial score (nSPS) is 12.6. The van der Waals surface area contributed by atoms with Crippen molar-refractivity contribution in [2.24, 2.45) is 0 Å². The molecule has 3 nitrogen and oxygen atoms in total. The molecule has 0 spiro atoms. The first-order chi connectivity index (χ1) is 7.51. The third-order valence-electron chi connectivity index (χ3n) is 2.75. The van der Waals surface area contributed by atoms with Crippen molar-refractivity contribution in [2.45, 2.75) is 45.8 Å². The Balaban J connectivity index is 3.45. The van der Waals surface area contributed by atoms with Crippen molar-refractivity contribution >= 4 is 5.78 Å². The second-order valence-electron chi connectivity index (χ2n) is 5.47. The number of benzene rings is 1. The lowest BCUT2D eigenvalue weighted by molar-refractivity contribution is 0.0716. The summed E-state index contributed by atoms with van der Waals surface area (Å²) in [4.78, 5) is 11.4. The average Bonchev–Trinajstić information content (AvgIpc) is 2.14. The highest BCUT2D eigenvalue weighted by molar-refractivity contribution is 5.94. The number of Topliss-reactive ketones (excluding diaryl/α,β-unsaturated/α-hetero) is 1. The molecule has 1 aromatic carbocycles. The van der Waals surface area contributed by atoms with Crippen LogP contribution in [0.25, 0.3) is 0 Å². The first-order valence-corrected chi connectivity index (χ1v) is 5.63. The van der Waals surface area contributed by atoms with E-state index >= 15 is 0 Å². The quantitative estimate of drug-likeness (QED) is 0.792. The highest BCUT2D eigenvalue weighted by Crippen LogP contribution is 2.28. The van der Waals surface area contributed by atoms with E-state index in [0.717, 1.165) is 0 Å². The van der Waals surface area contributed by atoms with Crippen LogP contribution in [0.5, 0.6) is 0 Å². The highest BCUT2D eigenvalue weighted by Gasteiger charge is 2.23. The van der Waals surface area contributed by atoms with E-state index in [0.29, 0.717) is 16.7 Å². The summed E-state index contributed by atoms with van der Waals surface area (Å²) in [6.45, 7) is 8.08. The molecule has 0 aromatic heterocycles. The number of hydrogen-bond acceptors (Lipinski definition) is 3. The van der Waals surface area contributed by atoms with Crippen molar-refractivity contribution in [3.63, 3.8) is 0 Å². The second kappa shape index (κ2) is 4.24. The number of carbonyl (C=O) groups is 1. The molecule has 0 bridgehead atoms. The van der Waals surface area contributed by atoms with Crippen LogP contribution in [-0.2, 0) is 11.2 Å². The van der Waals surface area contributed by atoms with Gasteiger partial charge in [0.05, 0.1) is 11.2 Å². The lowest BCUT2D eigenvalue weighted by Gasteiger charge is -2.24. The Labute approximate surface area is 102 Å². The first kappa shape index (κ1) is 13.9. The van der Waals surface area contributed by atoms with Gasteiger partial charge in [-0.2, -0.15) is 0 Å². The van der Waals surface area contributed by atoms with Crippen LogP contribution in [0.1, 0.15) is 56.1 Å². The molecule has 0 aliphatic heterocycles. The third kappa shape index (κ3) is 3.38. The molecule has 0 radical (unpaired) electrons. The van der Waals surface area contributed by atoms with Gasteiger partial charge in [-0.1, -0.05) is 6.07 Å². The van der Waals surface area contributed by atoms with Gasteiger partial charge in [-0.25, -0.2) is 0 Å². The summed E-state index contributed by atoms with van der Waals surface area (Å²) in [7, 11) is 0. The number of aliphatic hydroxyl groups is 2. The van der Waals surface area contributed by atoms with E-state index in [2.05, 4.69) is 0 Å². The van der Waals surface area contributed by atoms with Gasteiger partial charge in [0.15, 0.2) is 5.78 Å². The second-order valence-corrected chi connectivity index (χ2v) is 5.47. The minimum Gasteiger partial charge on any atom is -0.386 e. The van der Waals surface area contributed by atoms with E-state index in [1.165, 1.54) is 6.92 Å². The molecule has 0 amide bonds. The fourth-order valence-corrected chi connectivity index (χ4v) is 1.54. The first-order valence-electron chi connectivity index (χ1n) is 5.63. The van der Waals surface area contributed by atoms with Crippen molar-refractivity contribution in [1.82, 2.24) is 0 Å². The largest absolute Gasteiger partial charge is 0.386 e. The number of hydrogen-bond donors (Lipinski definition) is 2. The van der Waals surface area contributed by atoms with Crippen molar-refractivity contribution in [3.05, 3.63) is 34.9 Å². The van der Waals surface area contributed by atoms with E-state index in [9.17, 15) is 15.0 Å². The molecule has 3 heteroatoms. The molecule has 0 aliphatic carbocycles. The standard InChI is InChI=1S/C14H20O3/c1-9(15)10-6-11(13(2,3)16)8-12(7-10)14(4,5)17/h6-8,16-17H,1-5H3. The zero-order valence-corrected chi connectivity index (χ0v) is 11.0. The summed E-state index contributed by atoms with van der Waals surface area (Å²) in [5.41, 5.74) is -0.317. The summed E-state index contributed by atoms with van der Waals surface area (Å²) >= 11 is 0. The van der Waals surface area contributed by atoms with Crippen molar-refractivity contribution in [3.8, 4) is 0 Å². The fraction of sp³-hybridized carbons (Fsp3) is 0.500. The summed E-state index contributed by atoms with van der Waals surface area (Å²) in [6, 6.07) is 5.06. The number of carbonyl (C=O) groups excluding carboxylic acids is 1. The van der Waals surface area contributed by atoms with Gasteiger partial charge in [-0.05, 0) is 57.9 Å². The monoisotopic (exact) mass is 236 g/mol. The summed E-state index contributed by atoms with van der Waals surface area (Å²) < 4.78 is 0. The predicted octanol–water partition coefficient (Wildman–Crippen LogP) is 2.34. The molecule has 1 aromatic rings. The SMILES string of the molecule is CC(=O)c1cc(C(C)(C)O)cc(C(C)(C)O)c1. The molecule has 0 unspecified atom stereocenters. The maximum atomic E-state index is 11.4. The molecule has 0 fully saturated rings. The van der Waals surface area contributed by atoms with Crippen LogP contribution in [0.3, 0.4) is 0 Å². The van der Waals surface area contributed by atoms with Crippen LogP contribution in [0.2, 0.25) is 0 Å². The third-order valence-corrected chi connectivity index (χ3v) is 2.75. The van der Waals surface area contributed by atoms with Gasteiger partial charge in [0.25, 0.3) is 0 Å². The van der Waals surface area contributed by atoms with E-state index < -0.39 is 11.2 Å². The van der Waals surface area contributed by atoms with Crippen LogP contribution in [0.15, 0.2) is 18.2 Å². The molecule has 2 N–H and O–H groups in total. The van der Waals surface area contributed by atoms with Gasteiger partial charge in [-0.15, -0.1) is 0 Å². The molecular formula is C14H20O3. The smallest absolute Gasteiger partial charge is 0.159 e. The Bertz CT molecular complexity index is 402. The molecule has 0 saturated heterocycles. The van der Waals surface area contributed by atoms with E-state index in [4.69, 9.17) is 0 Å². The number of rotatable bonds is 3. The number of ketones is 1.